The highest BCUT2D eigenvalue weighted by atomic mass is 16.5. The molecule has 0 aromatic heterocycles. The molecule has 4 aromatic rings. The van der Waals surface area contributed by atoms with Gasteiger partial charge in [0.25, 0.3) is 0 Å². The van der Waals surface area contributed by atoms with Crippen LogP contribution in [0, 0.1) is 0 Å². The summed E-state index contributed by atoms with van der Waals surface area (Å²) in [4.78, 5) is 0. The first-order chi connectivity index (χ1) is 13.8. The molecular formula is C26H18O2. The van der Waals surface area contributed by atoms with Gasteiger partial charge in [-0.25, -0.2) is 0 Å². The third kappa shape index (κ3) is 1.97. The van der Waals surface area contributed by atoms with Gasteiger partial charge in [0.1, 0.15) is 11.5 Å². The topological polar surface area (TPSA) is 18.5 Å². The zero-order chi connectivity index (χ0) is 18.7. The molecule has 0 amide bonds. The molecule has 4 aromatic carbocycles. The third-order valence-corrected chi connectivity index (χ3v) is 5.84. The predicted molar refractivity (Wildman–Crippen MR) is 113 cm³/mol. The first kappa shape index (κ1) is 15.5. The first-order valence-electron chi connectivity index (χ1n) is 9.52. The number of hydrogen-bond donors (Lipinski definition) is 0. The van der Waals surface area contributed by atoms with E-state index >= 15 is 0 Å². The molecule has 2 aliphatic heterocycles. The maximum absolute atomic E-state index is 6.18. The number of fused-ring (bicyclic) bond motifs is 8. The number of ether oxygens (including phenoxy) is 2. The van der Waals surface area contributed by atoms with Gasteiger partial charge in [-0.15, -0.1) is 0 Å². The van der Waals surface area contributed by atoms with Crippen LogP contribution in [0.2, 0.25) is 0 Å². The van der Waals surface area contributed by atoms with Crippen LogP contribution in [0.3, 0.4) is 0 Å². The van der Waals surface area contributed by atoms with Crippen molar-refractivity contribution in [3.05, 3.63) is 108 Å². The van der Waals surface area contributed by atoms with Crippen LogP contribution in [-0.2, 0) is 5.41 Å². The van der Waals surface area contributed by atoms with Gasteiger partial charge in [0.2, 0.25) is 0 Å². The van der Waals surface area contributed by atoms with E-state index in [1.165, 1.54) is 32.7 Å². The van der Waals surface area contributed by atoms with E-state index in [0.29, 0.717) is 0 Å². The summed E-state index contributed by atoms with van der Waals surface area (Å²) < 4.78 is 12.2. The van der Waals surface area contributed by atoms with E-state index < -0.39 is 5.41 Å². The Labute approximate surface area is 163 Å². The molecule has 0 radical (unpaired) electrons. The van der Waals surface area contributed by atoms with Crippen LogP contribution in [0.15, 0.2) is 97.0 Å². The average molecular weight is 362 g/mol. The molecule has 0 N–H and O–H groups in total. The smallest absolute Gasteiger partial charge is 0.132 e. The fraction of sp³-hybridized carbons (Fsp3) is 0.0769. The molecule has 0 bridgehead atoms. The van der Waals surface area contributed by atoms with Gasteiger partial charge in [0.05, 0.1) is 17.4 Å². The third-order valence-electron chi connectivity index (χ3n) is 5.84. The van der Waals surface area contributed by atoms with Crippen molar-refractivity contribution in [1.29, 1.82) is 0 Å². The van der Waals surface area contributed by atoms with Crippen molar-refractivity contribution in [1.82, 2.24) is 0 Å². The fourth-order valence-electron chi connectivity index (χ4n) is 4.76. The Kier molecular flexibility index (Phi) is 3.05. The molecule has 0 aliphatic carbocycles. The van der Waals surface area contributed by atoms with E-state index in [2.05, 4.69) is 84.9 Å². The lowest BCUT2D eigenvalue weighted by Crippen LogP contribution is -2.30. The maximum Gasteiger partial charge on any atom is 0.132 e. The minimum Gasteiger partial charge on any atom is -0.465 e. The monoisotopic (exact) mass is 362 g/mol. The van der Waals surface area contributed by atoms with E-state index in [1.54, 1.807) is 0 Å². The van der Waals surface area contributed by atoms with Crippen molar-refractivity contribution in [2.24, 2.45) is 0 Å². The molecule has 6 rings (SSSR count). The standard InChI is InChI=1S/C26H18O2/c1-17-16-26(25-21-9-5-3-7-19(21)11-13-23(25)28-17)14-15-27-22-12-10-18-6-2-4-8-20(18)24(22)26/h2-16H,1H3. The molecule has 1 unspecified atom stereocenters. The van der Waals surface area contributed by atoms with Crippen LogP contribution in [0.25, 0.3) is 21.5 Å². The van der Waals surface area contributed by atoms with Crippen molar-refractivity contribution < 1.29 is 9.47 Å². The van der Waals surface area contributed by atoms with Gasteiger partial charge in [-0.1, -0.05) is 60.7 Å². The minimum absolute atomic E-state index is 0.438. The van der Waals surface area contributed by atoms with Crippen molar-refractivity contribution in [2.75, 3.05) is 0 Å². The Hall–Kier alpha value is -3.52. The highest BCUT2D eigenvalue weighted by molar-refractivity contribution is 5.96. The largest absolute Gasteiger partial charge is 0.465 e. The van der Waals surface area contributed by atoms with E-state index in [9.17, 15) is 0 Å². The Balaban J connectivity index is 1.82. The number of allylic oxidation sites excluding steroid dienone is 3. The summed E-state index contributed by atoms with van der Waals surface area (Å²) in [6, 6.07) is 25.4. The van der Waals surface area contributed by atoms with Gasteiger partial charge in [-0.2, -0.15) is 0 Å². The van der Waals surface area contributed by atoms with Crippen LogP contribution in [-0.4, -0.2) is 0 Å². The lowest BCUT2D eigenvalue weighted by atomic mass is 9.69. The number of hydrogen-bond acceptors (Lipinski definition) is 2. The molecule has 1 atom stereocenters. The molecule has 0 saturated carbocycles. The van der Waals surface area contributed by atoms with Crippen molar-refractivity contribution in [3.63, 3.8) is 0 Å². The molecule has 28 heavy (non-hydrogen) atoms. The average Bonchev–Trinajstić information content (AvgIpc) is 2.73. The Morgan fingerprint density at radius 3 is 2.00 bits per heavy atom. The van der Waals surface area contributed by atoms with Crippen molar-refractivity contribution >= 4 is 21.5 Å². The van der Waals surface area contributed by atoms with Crippen LogP contribution >= 0.6 is 0 Å². The normalized spacial score (nSPS) is 19.7. The molecule has 2 nitrogen and oxygen atoms in total. The quantitative estimate of drug-likeness (QED) is 0.356. The summed E-state index contributed by atoms with van der Waals surface area (Å²) in [7, 11) is 0. The van der Waals surface area contributed by atoms with E-state index in [1.807, 2.05) is 13.2 Å². The van der Waals surface area contributed by atoms with Gasteiger partial charge in [0.15, 0.2) is 0 Å². The molecule has 2 heteroatoms. The second kappa shape index (κ2) is 5.49. The van der Waals surface area contributed by atoms with Crippen LogP contribution in [0.4, 0.5) is 0 Å². The summed E-state index contributed by atoms with van der Waals surface area (Å²) in [6.45, 7) is 2.02. The van der Waals surface area contributed by atoms with E-state index in [4.69, 9.17) is 9.47 Å². The second-order valence-corrected chi connectivity index (χ2v) is 7.47. The second-order valence-electron chi connectivity index (χ2n) is 7.47. The molecule has 1 spiro atoms. The molecule has 2 heterocycles. The first-order valence-corrected chi connectivity index (χ1v) is 9.52. The van der Waals surface area contributed by atoms with Crippen LogP contribution < -0.4 is 9.47 Å². The van der Waals surface area contributed by atoms with E-state index in [-0.39, 0.29) is 0 Å². The zero-order valence-corrected chi connectivity index (χ0v) is 15.5. The highest BCUT2D eigenvalue weighted by Gasteiger charge is 2.42. The van der Waals surface area contributed by atoms with Gasteiger partial charge in [-0.3, -0.25) is 0 Å². The summed E-state index contributed by atoms with van der Waals surface area (Å²) in [5.41, 5.74) is 1.91. The maximum atomic E-state index is 6.18. The zero-order valence-electron chi connectivity index (χ0n) is 15.5. The minimum atomic E-state index is -0.438. The van der Waals surface area contributed by atoms with Gasteiger partial charge < -0.3 is 9.47 Å². The Morgan fingerprint density at radius 1 is 0.679 bits per heavy atom. The molecule has 2 aliphatic rings. The van der Waals surface area contributed by atoms with E-state index in [0.717, 1.165) is 17.3 Å². The van der Waals surface area contributed by atoms with Crippen molar-refractivity contribution in [3.8, 4) is 11.5 Å². The lowest BCUT2D eigenvalue weighted by molar-refractivity contribution is 0.387. The SMILES string of the molecule is CC1=CC2(C=COc3ccc4ccccc4c32)c2c(ccc3ccccc23)O1. The molecule has 0 fully saturated rings. The number of benzene rings is 4. The summed E-state index contributed by atoms with van der Waals surface area (Å²) in [5, 5.41) is 4.82. The van der Waals surface area contributed by atoms with Crippen LogP contribution in [0.5, 0.6) is 11.5 Å². The van der Waals surface area contributed by atoms with Gasteiger partial charge in [0, 0.05) is 11.1 Å². The summed E-state index contributed by atoms with van der Waals surface area (Å²) in [5.74, 6) is 2.70. The number of rotatable bonds is 0. The summed E-state index contributed by atoms with van der Waals surface area (Å²) >= 11 is 0. The molecule has 134 valence electrons. The molecular weight excluding hydrogens is 344 g/mol. The molecule has 0 saturated heterocycles. The van der Waals surface area contributed by atoms with Crippen LogP contribution in [0.1, 0.15) is 18.1 Å². The summed E-state index contributed by atoms with van der Waals surface area (Å²) in [6.07, 6.45) is 6.21. The highest BCUT2D eigenvalue weighted by Crippen LogP contribution is 2.53. The van der Waals surface area contributed by atoms with Gasteiger partial charge >= 0.3 is 0 Å². The van der Waals surface area contributed by atoms with Gasteiger partial charge in [-0.05, 0) is 52.8 Å². The Morgan fingerprint density at radius 2 is 1.29 bits per heavy atom. The van der Waals surface area contributed by atoms with Crippen molar-refractivity contribution in [2.45, 2.75) is 12.3 Å². The predicted octanol–water partition coefficient (Wildman–Crippen LogP) is 6.48. The lowest BCUT2D eigenvalue weighted by Gasteiger charge is -2.38. The Bertz CT molecular complexity index is 1280. The fourth-order valence-corrected chi connectivity index (χ4v) is 4.76.